The Morgan fingerprint density at radius 2 is 2.18 bits per heavy atom. The first-order valence-electron chi connectivity index (χ1n) is 9.22. The Balaban J connectivity index is 1.17. The third-order valence-electron chi connectivity index (χ3n) is 4.90. The van der Waals surface area contributed by atoms with Gasteiger partial charge in [-0.25, -0.2) is 4.98 Å². The van der Waals surface area contributed by atoms with E-state index in [1.807, 2.05) is 6.20 Å². The number of hydrogen-bond acceptors (Lipinski definition) is 8. The van der Waals surface area contributed by atoms with E-state index in [9.17, 15) is 4.79 Å². The van der Waals surface area contributed by atoms with Crippen molar-refractivity contribution < 1.29 is 4.79 Å². The number of nitrogens with one attached hydrogen (secondary N) is 2. The van der Waals surface area contributed by atoms with Crippen LogP contribution in [0.1, 0.15) is 35.8 Å². The minimum atomic E-state index is -0.557. The summed E-state index contributed by atoms with van der Waals surface area (Å²) in [5.41, 5.74) is 8.61. The third kappa shape index (κ3) is 3.38. The van der Waals surface area contributed by atoms with E-state index in [-0.39, 0.29) is 18.4 Å². The van der Waals surface area contributed by atoms with Crippen LogP contribution in [-0.4, -0.2) is 48.1 Å². The Hall–Kier alpha value is -3.50. The summed E-state index contributed by atoms with van der Waals surface area (Å²) in [5, 5.41) is 19.0. The van der Waals surface area contributed by atoms with E-state index in [2.05, 4.69) is 58.5 Å². The Morgan fingerprint density at radius 1 is 1.29 bits per heavy atom. The second-order valence-corrected chi connectivity index (χ2v) is 7.16. The molecule has 4 N–H and O–H groups in total. The highest BCUT2D eigenvalue weighted by Crippen LogP contribution is 2.39. The molecule has 1 fully saturated rings. The molecule has 1 atom stereocenters. The van der Waals surface area contributed by atoms with Crippen molar-refractivity contribution in [2.45, 2.75) is 37.9 Å². The zero-order chi connectivity index (χ0) is 19.1. The SMILES string of the molecule is Nc1n[nH]c(CNC(=O)C2CN(Cc3cn4cc(C5CC5)ccc4n3)N=N2)n1. The van der Waals surface area contributed by atoms with Crippen molar-refractivity contribution in [1.29, 1.82) is 0 Å². The molecule has 4 heterocycles. The molecule has 5 rings (SSSR count). The summed E-state index contributed by atoms with van der Waals surface area (Å²) in [6.45, 7) is 1.13. The number of carbonyl (C=O) groups is 1. The summed E-state index contributed by atoms with van der Waals surface area (Å²) in [6.07, 6.45) is 6.71. The molecule has 0 radical (unpaired) electrons. The Morgan fingerprint density at radius 3 is 2.96 bits per heavy atom. The molecule has 1 aliphatic heterocycles. The number of aromatic amines is 1. The smallest absolute Gasteiger partial charge is 0.249 e. The lowest BCUT2D eigenvalue weighted by Gasteiger charge is -2.11. The number of anilines is 1. The molecule has 3 aromatic heterocycles. The summed E-state index contributed by atoms with van der Waals surface area (Å²) < 4.78 is 2.06. The number of amides is 1. The molecule has 11 heteroatoms. The maximum Gasteiger partial charge on any atom is 0.249 e. The zero-order valence-corrected chi connectivity index (χ0v) is 15.1. The molecule has 0 saturated heterocycles. The number of imidazole rings is 1. The van der Waals surface area contributed by atoms with Crippen molar-refractivity contribution in [3.05, 3.63) is 41.6 Å². The monoisotopic (exact) mass is 380 g/mol. The van der Waals surface area contributed by atoms with Crippen molar-refractivity contribution in [1.82, 2.24) is 34.9 Å². The maximum absolute atomic E-state index is 12.3. The molecule has 1 amide bonds. The van der Waals surface area contributed by atoms with E-state index in [1.54, 1.807) is 5.01 Å². The van der Waals surface area contributed by atoms with Crippen LogP contribution in [0, 0.1) is 0 Å². The Kier molecular flexibility index (Phi) is 3.92. The van der Waals surface area contributed by atoms with Crippen LogP contribution < -0.4 is 11.1 Å². The number of fused-ring (bicyclic) bond motifs is 1. The van der Waals surface area contributed by atoms with E-state index in [0.29, 0.717) is 24.8 Å². The maximum atomic E-state index is 12.3. The average molecular weight is 380 g/mol. The number of pyridine rings is 1. The molecular formula is C17H20N10O. The van der Waals surface area contributed by atoms with Crippen LogP contribution in [0.15, 0.2) is 34.9 Å². The Labute approximate surface area is 160 Å². The molecule has 0 spiro atoms. The summed E-state index contributed by atoms with van der Waals surface area (Å²) in [7, 11) is 0. The van der Waals surface area contributed by atoms with Gasteiger partial charge in [0.2, 0.25) is 11.9 Å². The zero-order valence-electron chi connectivity index (χ0n) is 15.1. The average Bonchev–Trinajstić information content (AvgIpc) is 3.09. The van der Waals surface area contributed by atoms with E-state index in [4.69, 9.17) is 5.73 Å². The number of hydrogen-bond donors (Lipinski definition) is 3. The molecule has 1 unspecified atom stereocenters. The normalized spacial score (nSPS) is 18.9. The van der Waals surface area contributed by atoms with Crippen LogP contribution >= 0.6 is 0 Å². The summed E-state index contributed by atoms with van der Waals surface area (Å²) >= 11 is 0. The molecular weight excluding hydrogens is 360 g/mol. The van der Waals surface area contributed by atoms with Crippen LogP contribution in [0.2, 0.25) is 0 Å². The van der Waals surface area contributed by atoms with Gasteiger partial charge in [0, 0.05) is 12.4 Å². The highest BCUT2D eigenvalue weighted by atomic mass is 16.2. The van der Waals surface area contributed by atoms with Crippen molar-refractivity contribution in [2.75, 3.05) is 12.3 Å². The lowest BCUT2D eigenvalue weighted by Crippen LogP contribution is -2.36. The number of nitrogens with two attached hydrogens (primary N) is 1. The molecule has 28 heavy (non-hydrogen) atoms. The van der Waals surface area contributed by atoms with Crippen molar-refractivity contribution in [2.24, 2.45) is 10.3 Å². The van der Waals surface area contributed by atoms with Gasteiger partial charge in [-0.2, -0.15) is 10.1 Å². The van der Waals surface area contributed by atoms with Gasteiger partial charge in [-0.1, -0.05) is 11.3 Å². The fraction of sp³-hybridized carbons (Fsp3) is 0.412. The summed E-state index contributed by atoms with van der Waals surface area (Å²) in [6, 6.07) is 3.65. The van der Waals surface area contributed by atoms with Gasteiger partial charge in [0.1, 0.15) is 11.5 Å². The number of carbonyl (C=O) groups excluding carboxylic acids is 1. The number of aromatic nitrogens is 5. The Bertz CT molecular complexity index is 1050. The fourth-order valence-electron chi connectivity index (χ4n) is 3.30. The van der Waals surface area contributed by atoms with Crippen LogP contribution in [0.3, 0.4) is 0 Å². The minimum Gasteiger partial charge on any atom is -0.367 e. The number of H-pyrrole nitrogens is 1. The van der Waals surface area contributed by atoms with E-state index < -0.39 is 6.04 Å². The number of nitrogen functional groups attached to an aromatic ring is 1. The lowest BCUT2D eigenvalue weighted by atomic mass is 10.2. The summed E-state index contributed by atoms with van der Waals surface area (Å²) in [4.78, 5) is 20.8. The predicted octanol–water partition coefficient (Wildman–Crippen LogP) is 0.780. The van der Waals surface area contributed by atoms with Gasteiger partial charge >= 0.3 is 0 Å². The molecule has 0 aromatic carbocycles. The summed E-state index contributed by atoms with van der Waals surface area (Å²) in [5.74, 6) is 1.13. The molecule has 1 aliphatic carbocycles. The van der Waals surface area contributed by atoms with Gasteiger partial charge in [0.05, 0.1) is 25.3 Å². The highest BCUT2D eigenvalue weighted by molar-refractivity contribution is 5.82. The molecule has 144 valence electrons. The molecule has 3 aromatic rings. The van der Waals surface area contributed by atoms with Gasteiger partial charge in [-0.3, -0.25) is 14.9 Å². The van der Waals surface area contributed by atoms with Gasteiger partial charge in [-0.15, -0.1) is 5.10 Å². The van der Waals surface area contributed by atoms with Crippen LogP contribution in [0.4, 0.5) is 5.95 Å². The second kappa shape index (κ2) is 6.59. The molecule has 0 bridgehead atoms. The van der Waals surface area contributed by atoms with Crippen LogP contribution in [-0.2, 0) is 17.9 Å². The standard InChI is InChI=1S/C17H20N10O/c18-17-21-14(23-24-17)5-19-16(28)13-9-27(25-22-13)8-12-7-26-6-11(10-1-2-10)3-4-15(26)20-12/h3-4,6-7,10,13H,1-2,5,8-9H2,(H,19,28)(H3,18,21,23,24). The van der Waals surface area contributed by atoms with Gasteiger partial charge in [0.25, 0.3) is 0 Å². The largest absolute Gasteiger partial charge is 0.367 e. The van der Waals surface area contributed by atoms with Gasteiger partial charge in [0.15, 0.2) is 6.04 Å². The second-order valence-electron chi connectivity index (χ2n) is 7.16. The van der Waals surface area contributed by atoms with Crippen molar-refractivity contribution >= 4 is 17.5 Å². The van der Waals surface area contributed by atoms with Crippen molar-refractivity contribution in [3.8, 4) is 0 Å². The first kappa shape index (κ1) is 16.7. The highest BCUT2D eigenvalue weighted by Gasteiger charge is 2.27. The topological polar surface area (TPSA) is 142 Å². The van der Waals surface area contributed by atoms with E-state index in [0.717, 1.165) is 11.3 Å². The van der Waals surface area contributed by atoms with Crippen LogP contribution in [0.25, 0.3) is 5.65 Å². The first-order chi connectivity index (χ1) is 13.6. The van der Waals surface area contributed by atoms with E-state index in [1.165, 1.54) is 18.4 Å². The molecule has 11 nitrogen and oxygen atoms in total. The van der Waals surface area contributed by atoms with Crippen LogP contribution in [0.5, 0.6) is 0 Å². The van der Waals surface area contributed by atoms with Gasteiger partial charge < -0.3 is 15.5 Å². The van der Waals surface area contributed by atoms with E-state index >= 15 is 0 Å². The number of nitrogens with zero attached hydrogens (tertiary/aromatic N) is 7. The lowest BCUT2D eigenvalue weighted by molar-refractivity contribution is -0.122. The van der Waals surface area contributed by atoms with Gasteiger partial charge in [-0.05, 0) is 30.4 Å². The van der Waals surface area contributed by atoms with Crippen molar-refractivity contribution in [3.63, 3.8) is 0 Å². The minimum absolute atomic E-state index is 0.146. The fourth-order valence-corrected chi connectivity index (χ4v) is 3.30. The quantitative estimate of drug-likeness (QED) is 0.577. The first-order valence-corrected chi connectivity index (χ1v) is 9.22. The molecule has 1 saturated carbocycles. The predicted molar refractivity (Wildman–Crippen MR) is 98.9 cm³/mol. The number of rotatable bonds is 6. The molecule has 2 aliphatic rings. The third-order valence-corrected chi connectivity index (χ3v) is 4.90.